The Labute approximate surface area is 153 Å². The number of ether oxygens (including phenoxy) is 1. The summed E-state index contributed by atoms with van der Waals surface area (Å²) in [5.74, 6) is 0.459. The highest BCUT2D eigenvalue weighted by Gasteiger charge is 2.42. The van der Waals surface area contributed by atoms with Crippen LogP contribution in [0, 0.1) is 5.92 Å². The Morgan fingerprint density at radius 2 is 1.92 bits per heavy atom. The first kappa shape index (κ1) is 22.1. The number of carbonyl (C=O) groups excluding carboxylic acids is 1. The zero-order chi connectivity index (χ0) is 19.3. The van der Waals surface area contributed by atoms with Crippen molar-refractivity contribution in [2.24, 2.45) is 5.92 Å². The van der Waals surface area contributed by atoms with Crippen LogP contribution in [0.2, 0.25) is 0 Å². The first-order chi connectivity index (χ1) is 11.4. The third kappa shape index (κ3) is 6.69. The van der Waals surface area contributed by atoms with Crippen molar-refractivity contribution in [2.45, 2.75) is 89.9 Å². The highest BCUT2D eigenvalue weighted by molar-refractivity contribution is 5.80. The minimum absolute atomic E-state index is 0.217. The lowest BCUT2D eigenvalue weighted by Crippen LogP contribution is -2.50. The zero-order valence-corrected chi connectivity index (χ0v) is 16.8. The van der Waals surface area contributed by atoms with Crippen molar-refractivity contribution >= 4 is 5.78 Å². The summed E-state index contributed by atoms with van der Waals surface area (Å²) in [7, 11) is 1.59. The van der Waals surface area contributed by atoms with Crippen LogP contribution in [0.3, 0.4) is 0 Å². The highest BCUT2D eigenvalue weighted by Crippen LogP contribution is 2.35. The van der Waals surface area contributed by atoms with E-state index in [-0.39, 0.29) is 11.7 Å². The molecule has 4 nitrogen and oxygen atoms in total. The molecule has 0 saturated carbocycles. The Hall–Kier alpha value is -0.970. The number of methoxy groups -OCH3 is 1. The summed E-state index contributed by atoms with van der Waals surface area (Å²) in [5.41, 5.74) is -1.93. The molecule has 0 radical (unpaired) electrons. The van der Waals surface area contributed by atoms with E-state index in [2.05, 4.69) is 6.92 Å². The van der Waals surface area contributed by atoms with Gasteiger partial charge in [0.2, 0.25) is 0 Å². The molecule has 1 aliphatic carbocycles. The van der Waals surface area contributed by atoms with E-state index in [1.807, 2.05) is 19.1 Å². The third-order valence-electron chi connectivity index (χ3n) is 5.32. The minimum atomic E-state index is -1.11. The Balaban J connectivity index is 3.18. The molecule has 1 rings (SSSR count). The maximum atomic E-state index is 12.2. The summed E-state index contributed by atoms with van der Waals surface area (Å²) in [6.45, 7) is 9.25. The van der Waals surface area contributed by atoms with Crippen LogP contribution in [0.15, 0.2) is 23.8 Å². The second kappa shape index (κ2) is 8.61. The monoisotopic (exact) mass is 352 g/mol. The first-order valence-corrected chi connectivity index (χ1v) is 9.28. The highest BCUT2D eigenvalue weighted by atomic mass is 16.5. The number of hydrogen-bond acceptors (Lipinski definition) is 4. The predicted octanol–water partition coefficient (Wildman–Crippen LogP) is 3.96. The number of rotatable bonds is 2. The SMILES string of the molecule is CO[C@]1(C(C)(C)O)/C=C/[C@@](C)(O)CC/C=C(\C)CC(=O)C[C@H](C)CC1. The van der Waals surface area contributed by atoms with Gasteiger partial charge in [-0.1, -0.05) is 30.7 Å². The van der Waals surface area contributed by atoms with Crippen molar-refractivity contribution < 1.29 is 19.7 Å². The molecule has 0 bridgehead atoms. The number of ketones is 1. The molecule has 25 heavy (non-hydrogen) atoms. The summed E-state index contributed by atoms with van der Waals surface area (Å²) >= 11 is 0. The largest absolute Gasteiger partial charge is 0.387 e. The van der Waals surface area contributed by atoms with Gasteiger partial charge in [-0.05, 0) is 59.3 Å². The molecule has 0 fully saturated rings. The molecule has 1 aliphatic rings. The average Bonchev–Trinajstić information content (AvgIpc) is 2.45. The van der Waals surface area contributed by atoms with E-state index in [4.69, 9.17) is 4.74 Å². The molecule has 3 atom stereocenters. The Kier molecular flexibility index (Phi) is 7.60. The zero-order valence-electron chi connectivity index (χ0n) is 16.8. The molecule has 0 heterocycles. The molecule has 2 N–H and O–H groups in total. The van der Waals surface area contributed by atoms with Crippen LogP contribution in [0.25, 0.3) is 0 Å². The summed E-state index contributed by atoms with van der Waals surface area (Å²) in [5, 5.41) is 21.4. The van der Waals surface area contributed by atoms with E-state index >= 15 is 0 Å². The fraction of sp³-hybridized carbons (Fsp3) is 0.762. The van der Waals surface area contributed by atoms with Gasteiger partial charge in [-0.15, -0.1) is 0 Å². The van der Waals surface area contributed by atoms with Crippen LogP contribution < -0.4 is 0 Å². The molecule has 0 spiro atoms. The van der Waals surface area contributed by atoms with Crippen LogP contribution >= 0.6 is 0 Å². The smallest absolute Gasteiger partial charge is 0.137 e. The minimum Gasteiger partial charge on any atom is -0.387 e. The number of Topliss-reactive ketones (excluding diaryl/α,β-unsaturated/α-hetero) is 1. The maximum absolute atomic E-state index is 12.2. The second-order valence-electron chi connectivity index (χ2n) is 8.50. The molecule has 0 aromatic rings. The standard InChI is InChI=1S/C21H36O4/c1-16-8-7-10-20(5,24)12-13-21(25-6,19(3,4)23)11-9-17(2)15-18(22)14-16/h8,12-13,17,23-24H,7,9-11,14-15H2,1-6H3/b13-12+,16-8+/t17-,20+,21+/m1/s1. The first-order valence-electron chi connectivity index (χ1n) is 9.28. The second-order valence-corrected chi connectivity index (χ2v) is 8.50. The summed E-state index contributed by atoms with van der Waals surface area (Å²) in [4.78, 5) is 12.2. The Morgan fingerprint density at radius 3 is 2.48 bits per heavy atom. The van der Waals surface area contributed by atoms with Crippen LogP contribution in [0.1, 0.15) is 73.1 Å². The third-order valence-corrected chi connectivity index (χ3v) is 5.32. The van der Waals surface area contributed by atoms with E-state index in [1.54, 1.807) is 34.0 Å². The molecule has 0 amide bonds. The molecular formula is C21H36O4. The van der Waals surface area contributed by atoms with Gasteiger partial charge in [0.05, 0.1) is 11.2 Å². The molecule has 0 aliphatic heterocycles. The van der Waals surface area contributed by atoms with Crippen molar-refractivity contribution in [3.05, 3.63) is 23.8 Å². The van der Waals surface area contributed by atoms with Gasteiger partial charge in [0, 0.05) is 20.0 Å². The van der Waals surface area contributed by atoms with E-state index in [9.17, 15) is 15.0 Å². The van der Waals surface area contributed by atoms with E-state index < -0.39 is 16.8 Å². The van der Waals surface area contributed by atoms with Gasteiger partial charge in [0.1, 0.15) is 11.4 Å². The maximum Gasteiger partial charge on any atom is 0.137 e. The van der Waals surface area contributed by atoms with Gasteiger partial charge >= 0.3 is 0 Å². The quantitative estimate of drug-likeness (QED) is 0.738. The van der Waals surface area contributed by atoms with Crippen molar-refractivity contribution in [1.82, 2.24) is 0 Å². The molecule has 0 aromatic carbocycles. The molecular weight excluding hydrogens is 316 g/mol. The fourth-order valence-electron chi connectivity index (χ4n) is 3.43. The Morgan fingerprint density at radius 1 is 1.28 bits per heavy atom. The number of hydrogen-bond donors (Lipinski definition) is 2. The number of aliphatic hydroxyl groups is 2. The molecule has 0 aromatic heterocycles. The molecule has 0 unspecified atom stereocenters. The van der Waals surface area contributed by atoms with Gasteiger partial charge in [-0.3, -0.25) is 4.79 Å². The van der Waals surface area contributed by atoms with Crippen LogP contribution in [-0.4, -0.2) is 39.9 Å². The summed E-state index contributed by atoms with van der Waals surface area (Å²) < 4.78 is 5.74. The van der Waals surface area contributed by atoms with Crippen molar-refractivity contribution in [2.75, 3.05) is 7.11 Å². The molecule has 0 saturated heterocycles. The van der Waals surface area contributed by atoms with E-state index in [0.29, 0.717) is 32.1 Å². The number of allylic oxidation sites excluding steroid dienone is 2. The summed E-state index contributed by atoms with van der Waals surface area (Å²) in [6.07, 6.45) is 9.22. The summed E-state index contributed by atoms with van der Waals surface area (Å²) in [6, 6.07) is 0. The Bertz CT molecular complexity index is 510. The van der Waals surface area contributed by atoms with Gasteiger partial charge in [-0.2, -0.15) is 0 Å². The lowest BCUT2D eigenvalue weighted by atomic mass is 9.78. The predicted molar refractivity (Wildman–Crippen MR) is 101 cm³/mol. The fourth-order valence-corrected chi connectivity index (χ4v) is 3.43. The van der Waals surface area contributed by atoms with Crippen LogP contribution in [0.5, 0.6) is 0 Å². The lowest BCUT2D eigenvalue weighted by molar-refractivity contribution is -0.129. The molecule has 4 heteroatoms. The van der Waals surface area contributed by atoms with Crippen molar-refractivity contribution in [3.63, 3.8) is 0 Å². The van der Waals surface area contributed by atoms with Crippen LogP contribution in [0.4, 0.5) is 0 Å². The average molecular weight is 353 g/mol. The van der Waals surface area contributed by atoms with Crippen molar-refractivity contribution in [1.29, 1.82) is 0 Å². The van der Waals surface area contributed by atoms with Gasteiger partial charge < -0.3 is 14.9 Å². The molecule has 144 valence electrons. The number of carbonyl (C=O) groups is 1. The van der Waals surface area contributed by atoms with E-state index in [1.165, 1.54) is 0 Å². The van der Waals surface area contributed by atoms with E-state index in [0.717, 1.165) is 12.0 Å². The normalized spacial score (nSPS) is 37.0. The van der Waals surface area contributed by atoms with Gasteiger partial charge in [-0.25, -0.2) is 0 Å². The van der Waals surface area contributed by atoms with Gasteiger partial charge in [0.15, 0.2) is 0 Å². The van der Waals surface area contributed by atoms with Crippen molar-refractivity contribution in [3.8, 4) is 0 Å². The topological polar surface area (TPSA) is 66.8 Å². The van der Waals surface area contributed by atoms with Crippen LogP contribution in [-0.2, 0) is 9.53 Å². The van der Waals surface area contributed by atoms with Gasteiger partial charge in [0.25, 0.3) is 0 Å². The lowest BCUT2D eigenvalue weighted by Gasteiger charge is -2.41.